The summed E-state index contributed by atoms with van der Waals surface area (Å²) in [6, 6.07) is 9.79. The van der Waals surface area contributed by atoms with Crippen molar-refractivity contribution in [2.45, 2.75) is 25.9 Å². The van der Waals surface area contributed by atoms with E-state index in [1.54, 1.807) is 17.2 Å². The molecule has 4 rings (SSSR count). The Morgan fingerprint density at radius 2 is 2.19 bits per heavy atom. The molecule has 26 heavy (non-hydrogen) atoms. The molecular weight excluding hydrogens is 350 g/mol. The Hall–Kier alpha value is -2.37. The largest absolute Gasteiger partial charge is 0.496 e. The van der Waals surface area contributed by atoms with Crippen molar-refractivity contribution in [3.05, 3.63) is 71.0 Å². The number of nitrogens with zero attached hydrogens (tertiary/aromatic N) is 2. The van der Waals surface area contributed by atoms with Gasteiger partial charge in [0, 0.05) is 28.9 Å². The van der Waals surface area contributed by atoms with Gasteiger partial charge >= 0.3 is 0 Å². The highest BCUT2D eigenvalue weighted by atomic mass is 35.5. The van der Waals surface area contributed by atoms with Crippen molar-refractivity contribution in [1.82, 2.24) is 9.58 Å². The zero-order valence-electron chi connectivity index (χ0n) is 14.7. The molecule has 0 saturated carbocycles. The summed E-state index contributed by atoms with van der Waals surface area (Å²) in [5.41, 5.74) is 3.06. The lowest BCUT2D eigenvalue weighted by molar-refractivity contribution is 0.135. The highest BCUT2D eigenvalue weighted by molar-refractivity contribution is 6.31. The Morgan fingerprint density at radius 3 is 2.88 bits per heavy atom. The molecule has 0 fully saturated rings. The third-order valence-corrected chi connectivity index (χ3v) is 5.08. The van der Waals surface area contributed by atoms with Gasteiger partial charge in [-0.15, -0.1) is 0 Å². The van der Waals surface area contributed by atoms with Crippen LogP contribution in [0.3, 0.4) is 0 Å². The molecule has 1 aromatic carbocycles. The second-order valence-corrected chi connectivity index (χ2v) is 6.92. The van der Waals surface area contributed by atoms with E-state index < -0.39 is 0 Å². The third kappa shape index (κ3) is 3.08. The number of halogens is 1. The Bertz CT molecular complexity index is 930. The number of likely N-dealkylation sites (N-methyl/N-ethyl adjacent to an activating group) is 1. The van der Waals surface area contributed by atoms with Crippen LogP contribution < -0.4 is 5.84 Å². The van der Waals surface area contributed by atoms with Gasteiger partial charge in [0.15, 0.2) is 0 Å². The molecule has 1 unspecified atom stereocenters. The molecule has 0 saturated heterocycles. The smallest absolute Gasteiger partial charge is 0.115 e. The summed E-state index contributed by atoms with van der Waals surface area (Å²) in [4.78, 5) is 2.33. The number of aromatic nitrogens is 1. The van der Waals surface area contributed by atoms with Crippen LogP contribution in [-0.2, 0) is 11.3 Å². The number of rotatable bonds is 6. The van der Waals surface area contributed by atoms with Crippen LogP contribution in [0.2, 0.25) is 5.02 Å². The second kappa shape index (κ2) is 7.09. The first kappa shape index (κ1) is 17.1. The molecule has 1 atom stereocenters. The number of hydrogen-bond donors (Lipinski definition) is 1. The normalized spacial score (nSPS) is 15.4. The maximum Gasteiger partial charge on any atom is 0.115 e. The van der Waals surface area contributed by atoms with Crippen LogP contribution in [-0.4, -0.2) is 22.7 Å². The first-order valence-corrected chi connectivity index (χ1v) is 9.19. The van der Waals surface area contributed by atoms with E-state index in [0.29, 0.717) is 11.6 Å². The molecule has 0 aliphatic carbocycles. The lowest BCUT2D eigenvalue weighted by atomic mass is 10.1. The van der Waals surface area contributed by atoms with Gasteiger partial charge in [-0.1, -0.05) is 18.5 Å². The van der Waals surface area contributed by atoms with Gasteiger partial charge in [0.25, 0.3) is 0 Å². The highest BCUT2D eigenvalue weighted by Crippen LogP contribution is 2.36. The lowest BCUT2D eigenvalue weighted by Gasteiger charge is -2.31. The molecule has 1 aliphatic heterocycles. The van der Waals surface area contributed by atoms with Gasteiger partial charge in [-0.3, -0.25) is 9.58 Å². The van der Waals surface area contributed by atoms with Crippen molar-refractivity contribution in [3.63, 3.8) is 0 Å². The van der Waals surface area contributed by atoms with Gasteiger partial charge < -0.3 is 15.0 Å². The molecule has 0 amide bonds. The summed E-state index contributed by atoms with van der Waals surface area (Å²) >= 11 is 6.16. The minimum atomic E-state index is -0.0615. The van der Waals surface area contributed by atoms with E-state index in [9.17, 15) is 0 Å². The number of benzene rings is 1. The summed E-state index contributed by atoms with van der Waals surface area (Å²) < 4.78 is 12.9. The van der Waals surface area contributed by atoms with Gasteiger partial charge in [-0.25, -0.2) is 0 Å². The lowest BCUT2D eigenvalue weighted by Crippen LogP contribution is -2.32. The summed E-state index contributed by atoms with van der Waals surface area (Å²) in [5, 5.41) is 1.73. The van der Waals surface area contributed by atoms with Crippen LogP contribution in [0.15, 0.2) is 59.1 Å². The molecule has 5 nitrogen and oxygen atoms in total. The quantitative estimate of drug-likeness (QED) is 0.649. The molecule has 1 aliphatic rings. The fourth-order valence-corrected chi connectivity index (χ4v) is 3.76. The van der Waals surface area contributed by atoms with Gasteiger partial charge in [0.1, 0.15) is 11.8 Å². The van der Waals surface area contributed by atoms with Crippen LogP contribution in [0.5, 0.6) is 0 Å². The fraction of sp³-hybridized carbons (Fsp3) is 0.300. The topological polar surface area (TPSA) is 56.6 Å². The summed E-state index contributed by atoms with van der Waals surface area (Å²) in [6.07, 6.45) is 6.56. The molecule has 0 bridgehead atoms. The average molecular weight is 372 g/mol. The van der Waals surface area contributed by atoms with E-state index in [0.717, 1.165) is 47.4 Å². The van der Waals surface area contributed by atoms with Crippen molar-refractivity contribution in [3.8, 4) is 0 Å². The zero-order chi connectivity index (χ0) is 18.1. The molecule has 3 aromatic rings. The molecule has 2 N–H and O–H groups in total. The van der Waals surface area contributed by atoms with Crippen LogP contribution >= 0.6 is 11.6 Å². The Kier molecular flexibility index (Phi) is 4.66. The highest BCUT2D eigenvalue weighted by Gasteiger charge is 2.30. The van der Waals surface area contributed by atoms with Crippen molar-refractivity contribution in [1.29, 1.82) is 0 Å². The van der Waals surface area contributed by atoms with Gasteiger partial charge in [-0.2, -0.15) is 0 Å². The first-order chi connectivity index (χ1) is 12.7. The number of ether oxygens (including phenoxy) is 1. The molecule has 6 heteroatoms. The van der Waals surface area contributed by atoms with E-state index >= 15 is 0 Å². The molecule has 3 heterocycles. The van der Waals surface area contributed by atoms with Crippen LogP contribution in [0.1, 0.15) is 30.6 Å². The van der Waals surface area contributed by atoms with Crippen molar-refractivity contribution >= 4 is 22.5 Å². The Morgan fingerprint density at radius 1 is 1.31 bits per heavy atom. The number of nitrogen functional groups attached to an aromatic ring is 1. The number of furan rings is 1. The maximum atomic E-state index is 6.47. The molecule has 2 aromatic heterocycles. The Labute approximate surface area is 157 Å². The van der Waals surface area contributed by atoms with E-state index in [1.165, 1.54) is 0 Å². The zero-order valence-corrected chi connectivity index (χ0v) is 15.4. The molecule has 136 valence electrons. The van der Waals surface area contributed by atoms with Crippen molar-refractivity contribution in [2.75, 3.05) is 19.0 Å². The average Bonchev–Trinajstić information content (AvgIpc) is 3.38. The van der Waals surface area contributed by atoms with E-state index in [1.807, 2.05) is 24.3 Å². The summed E-state index contributed by atoms with van der Waals surface area (Å²) in [6.45, 7) is 4.45. The molecule has 0 radical (unpaired) electrons. The number of nitrogens with two attached hydrogens (primary N) is 1. The standard InChI is InChI=1S/C20H22ClN3O2/c1-2-23(12-14-7-9-25-13-14)20(19-4-3-8-26-19)18-11-15-10-16(21)5-6-17(15)24(18)22/h4-7,9-11,13,20H,2-3,8,12,22H2,1H3. The van der Waals surface area contributed by atoms with Crippen LogP contribution in [0, 0.1) is 0 Å². The van der Waals surface area contributed by atoms with Crippen molar-refractivity contribution in [2.24, 2.45) is 0 Å². The van der Waals surface area contributed by atoms with Crippen molar-refractivity contribution < 1.29 is 9.15 Å². The second-order valence-electron chi connectivity index (χ2n) is 6.48. The fourth-order valence-electron chi connectivity index (χ4n) is 3.58. The predicted molar refractivity (Wildman–Crippen MR) is 103 cm³/mol. The first-order valence-electron chi connectivity index (χ1n) is 8.81. The third-order valence-electron chi connectivity index (χ3n) is 4.85. The Balaban J connectivity index is 1.79. The van der Waals surface area contributed by atoms with E-state index in [2.05, 4.69) is 24.0 Å². The van der Waals surface area contributed by atoms with Gasteiger partial charge in [0.2, 0.25) is 0 Å². The SMILES string of the molecule is CCN(Cc1ccoc1)C(C1=CCCO1)c1cc2cc(Cl)ccc2n1N. The van der Waals surface area contributed by atoms with Gasteiger partial charge in [0.05, 0.1) is 30.3 Å². The van der Waals surface area contributed by atoms with Crippen LogP contribution in [0.25, 0.3) is 10.9 Å². The van der Waals surface area contributed by atoms with E-state index in [4.69, 9.17) is 26.6 Å². The molecule has 0 spiro atoms. The maximum absolute atomic E-state index is 6.47. The minimum absolute atomic E-state index is 0.0615. The van der Waals surface area contributed by atoms with Crippen LogP contribution in [0.4, 0.5) is 0 Å². The van der Waals surface area contributed by atoms with E-state index in [-0.39, 0.29) is 6.04 Å². The summed E-state index contributed by atoms with van der Waals surface area (Å²) in [5.74, 6) is 7.42. The molecular formula is C20H22ClN3O2. The van der Waals surface area contributed by atoms with Gasteiger partial charge in [-0.05, 0) is 43.0 Å². The number of fused-ring (bicyclic) bond motifs is 1. The summed E-state index contributed by atoms with van der Waals surface area (Å²) in [7, 11) is 0. The monoisotopic (exact) mass is 371 g/mol. The minimum Gasteiger partial charge on any atom is -0.496 e. The number of hydrogen-bond acceptors (Lipinski definition) is 4. The predicted octanol–water partition coefficient (Wildman–Crippen LogP) is 4.47.